The van der Waals surface area contributed by atoms with E-state index in [1.807, 2.05) is 24.1 Å². The fourth-order valence-corrected chi connectivity index (χ4v) is 4.96. The Hall–Kier alpha value is -2.47. The minimum absolute atomic E-state index is 0.0142. The van der Waals surface area contributed by atoms with Crippen molar-refractivity contribution in [2.75, 3.05) is 26.5 Å². The molecule has 0 unspecified atom stereocenters. The molecule has 1 saturated heterocycles. The largest absolute Gasteiger partial charge is 0.480 e. The van der Waals surface area contributed by atoms with Gasteiger partial charge in [0.25, 0.3) is 5.91 Å². The molecule has 152 valence electrons. The van der Waals surface area contributed by atoms with Crippen molar-refractivity contribution in [2.45, 2.75) is 31.1 Å². The van der Waals surface area contributed by atoms with Gasteiger partial charge in [0.15, 0.2) is 0 Å². The number of pyridine rings is 1. The molecule has 1 aliphatic rings. The van der Waals surface area contributed by atoms with Gasteiger partial charge in [-0.1, -0.05) is 30.3 Å². The second kappa shape index (κ2) is 8.49. The number of carbonyl (C=O) groups is 1. The standard InChI is InChI=1S/C23H27N3O2S/c1-15-20(29-3)18-14-19(22(28-2)25-21(18)24-15)23(27)26-11-9-17(10-12-26)13-16-7-5-4-6-8-16/h4-8,14,17H,9-13H2,1-3H3,(H,24,25). The van der Waals surface area contributed by atoms with Gasteiger partial charge in [0.2, 0.25) is 5.88 Å². The molecule has 4 rings (SSSR count). The minimum atomic E-state index is 0.0142. The Kier molecular flexibility index (Phi) is 5.81. The lowest BCUT2D eigenvalue weighted by molar-refractivity contribution is 0.0686. The number of ether oxygens (including phenoxy) is 1. The molecule has 0 spiro atoms. The molecule has 3 aromatic rings. The van der Waals surface area contributed by atoms with Crippen LogP contribution in [0.2, 0.25) is 0 Å². The molecule has 0 aliphatic carbocycles. The monoisotopic (exact) mass is 409 g/mol. The van der Waals surface area contributed by atoms with Crippen LogP contribution in [0.4, 0.5) is 0 Å². The van der Waals surface area contributed by atoms with Gasteiger partial charge in [-0.15, -0.1) is 11.8 Å². The predicted molar refractivity (Wildman–Crippen MR) is 118 cm³/mol. The van der Waals surface area contributed by atoms with Gasteiger partial charge in [0, 0.05) is 29.1 Å². The SMILES string of the molecule is COc1nc2[nH]c(C)c(SC)c2cc1C(=O)N1CCC(Cc2ccccc2)CC1. The number of thioether (sulfide) groups is 1. The van der Waals surface area contributed by atoms with Gasteiger partial charge in [0.1, 0.15) is 11.2 Å². The maximum Gasteiger partial charge on any atom is 0.259 e. The second-order valence-corrected chi connectivity index (χ2v) is 8.47. The predicted octanol–water partition coefficient (Wildman–Crippen LogP) is 4.70. The van der Waals surface area contributed by atoms with E-state index >= 15 is 0 Å². The molecule has 0 atom stereocenters. The van der Waals surface area contributed by atoms with Crippen LogP contribution in [0, 0.1) is 12.8 Å². The lowest BCUT2D eigenvalue weighted by Gasteiger charge is -2.32. The summed E-state index contributed by atoms with van der Waals surface area (Å²) in [7, 11) is 1.57. The zero-order valence-corrected chi connectivity index (χ0v) is 18.0. The molecule has 1 N–H and O–H groups in total. The summed E-state index contributed by atoms with van der Waals surface area (Å²) in [6.45, 7) is 3.58. The normalized spacial score (nSPS) is 15.1. The third kappa shape index (κ3) is 3.99. The van der Waals surface area contributed by atoms with E-state index in [1.165, 1.54) is 5.56 Å². The number of aryl methyl sites for hydroxylation is 1. The van der Waals surface area contributed by atoms with Crippen LogP contribution in [0.3, 0.4) is 0 Å². The number of aromatic amines is 1. The number of methoxy groups -OCH3 is 1. The van der Waals surface area contributed by atoms with E-state index in [0.29, 0.717) is 17.4 Å². The van der Waals surface area contributed by atoms with E-state index < -0.39 is 0 Å². The summed E-state index contributed by atoms with van der Waals surface area (Å²) in [4.78, 5) is 24.2. The number of aromatic nitrogens is 2. The number of likely N-dealkylation sites (tertiary alicyclic amines) is 1. The Morgan fingerprint density at radius 2 is 2.00 bits per heavy atom. The topological polar surface area (TPSA) is 58.2 Å². The highest BCUT2D eigenvalue weighted by atomic mass is 32.2. The first-order valence-electron chi connectivity index (χ1n) is 10.0. The van der Waals surface area contributed by atoms with Crippen molar-refractivity contribution in [3.63, 3.8) is 0 Å². The number of rotatable bonds is 5. The number of benzene rings is 1. The van der Waals surface area contributed by atoms with Gasteiger partial charge in [-0.05, 0) is 50.0 Å². The van der Waals surface area contributed by atoms with Gasteiger partial charge in [-0.3, -0.25) is 4.79 Å². The van der Waals surface area contributed by atoms with Crippen LogP contribution in [-0.2, 0) is 6.42 Å². The van der Waals surface area contributed by atoms with E-state index in [2.05, 4.69) is 40.3 Å². The highest BCUT2D eigenvalue weighted by Gasteiger charge is 2.27. The highest BCUT2D eigenvalue weighted by molar-refractivity contribution is 7.98. The lowest BCUT2D eigenvalue weighted by atomic mass is 9.90. The fraction of sp³-hybridized carbons (Fsp3) is 0.391. The Labute approximate surface area is 175 Å². The lowest BCUT2D eigenvalue weighted by Crippen LogP contribution is -2.39. The number of H-pyrrole nitrogens is 1. The number of fused-ring (bicyclic) bond motifs is 1. The molecule has 0 radical (unpaired) electrons. The van der Waals surface area contributed by atoms with Crippen LogP contribution in [0.25, 0.3) is 11.0 Å². The first-order chi connectivity index (χ1) is 14.1. The van der Waals surface area contributed by atoms with Crippen LogP contribution in [0.1, 0.15) is 34.5 Å². The maximum absolute atomic E-state index is 13.3. The molecular weight excluding hydrogens is 382 g/mol. The van der Waals surface area contributed by atoms with E-state index in [9.17, 15) is 4.79 Å². The summed E-state index contributed by atoms with van der Waals surface area (Å²) in [5.41, 5.74) is 3.76. The Morgan fingerprint density at radius 1 is 1.28 bits per heavy atom. The van der Waals surface area contributed by atoms with Crippen molar-refractivity contribution in [3.8, 4) is 5.88 Å². The number of carbonyl (C=O) groups excluding carboxylic acids is 1. The van der Waals surface area contributed by atoms with E-state index in [4.69, 9.17) is 4.74 Å². The molecule has 0 saturated carbocycles. The smallest absolute Gasteiger partial charge is 0.259 e. The van der Waals surface area contributed by atoms with Crippen molar-refractivity contribution in [2.24, 2.45) is 5.92 Å². The Morgan fingerprint density at radius 3 is 2.66 bits per heavy atom. The van der Waals surface area contributed by atoms with E-state index in [-0.39, 0.29) is 5.91 Å². The molecule has 5 nitrogen and oxygen atoms in total. The van der Waals surface area contributed by atoms with Crippen LogP contribution in [-0.4, -0.2) is 47.2 Å². The zero-order chi connectivity index (χ0) is 20.4. The average molecular weight is 410 g/mol. The Bertz CT molecular complexity index is 1010. The molecule has 2 aromatic heterocycles. The number of amides is 1. The number of hydrogen-bond acceptors (Lipinski definition) is 4. The molecule has 3 heterocycles. The van der Waals surface area contributed by atoms with Crippen molar-refractivity contribution < 1.29 is 9.53 Å². The average Bonchev–Trinajstić information content (AvgIpc) is 3.07. The maximum atomic E-state index is 13.3. The number of nitrogens with zero attached hydrogens (tertiary/aromatic N) is 2. The van der Waals surface area contributed by atoms with Gasteiger partial charge >= 0.3 is 0 Å². The molecule has 0 bridgehead atoms. The highest BCUT2D eigenvalue weighted by Crippen LogP contribution is 2.33. The molecule has 1 aromatic carbocycles. The van der Waals surface area contributed by atoms with Crippen LogP contribution < -0.4 is 4.74 Å². The van der Waals surface area contributed by atoms with E-state index in [0.717, 1.165) is 54.0 Å². The zero-order valence-electron chi connectivity index (χ0n) is 17.2. The number of hydrogen-bond donors (Lipinski definition) is 1. The van der Waals surface area contributed by atoms with Gasteiger partial charge < -0.3 is 14.6 Å². The van der Waals surface area contributed by atoms with E-state index in [1.54, 1.807) is 18.9 Å². The second-order valence-electron chi connectivity index (χ2n) is 7.65. The fourth-order valence-electron chi connectivity index (χ4n) is 4.23. The number of piperidine rings is 1. The number of nitrogens with one attached hydrogen (secondary N) is 1. The minimum Gasteiger partial charge on any atom is -0.480 e. The third-order valence-corrected chi connectivity index (χ3v) is 6.71. The molecule has 6 heteroatoms. The first-order valence-corrected chi connectivity index (χ1v) is 11.3. The summed E-state index contributed by atoms with van der Waals surface area (Å²) in [6, 6.07) is 12.5. The van der Waals surface area contributed by atoms with Crippen LogP contribution >= 0.6 is 11.8 Å². The summed E-state index contributed by atoms with van der Waals surface area (Å²) in [5.74, 6) is 1.03. The van der Waals surface area contributed by atoms with Crippen molar-refractivity contribution in [1.29, 1.82) is 0 Å². The van der Waals surface area contributed by atoms with Crippen molar-refractivity contribution in [3.05, 3.63) is 53.2 Å². The summed E-state index contributed by atoms with van der Waals surface area (Å²) < 4.78 is 5.46. The van der Waals surface area contributed by atoms with Crippen molar-refractivity contribution >= 4 is 28.7 Å². The first kappa shape index (κ1) is 19.8. The molecule has 29 heavy (non-hydrogen) atoms. The third-order valence-electron chi connectivity index (χ3n) is 5.78. The summed E-state index contributed by atoms with van der Waals surface area (Å²) in [6.07, 6.45) is 5.17. The quantitative estimate of drug-likeness (QED) is 0.621. The summed E-state index contributed by atoms with van der Waals surface area (Å²) in [5, 5.41) is 0.984. The van der Waals surface area contributed by atoms with Crippen LogP contribution in [0.5, 0.6) is 5.88 Å². The Balaban J connectivity index is 1.51. The van der Waals surface area contributed by atoms with Gasteiger partial charge in [-0.25, -0.2) is 0 Å². The summed E-state index contributed by atoms with van der Waals surface area (Å²) >= 11 is 1.67. The molecule has 1 aliphatic heterocycles. The van der Waals surface area contributed by atoms with Crippen molar-refractivity contribution in [1.82, 2.24) is 14.9 Å². The molecular formula is C23H27N3O2S. The van der Waals surface area contributed by atoms with Gasteiger partial charge in [0.05, 0.1) is 7.11 Å². The molecule has 1 fully saturated rings. The van der Waals surface area contributed by atoms with Crippen LogP contribution in [0.15, 0.2) is 41.3 Å². The van der Waals surface area contributed by atoms with Gasteiger partial charge in [-0.2, -0.15) is 4.98 Å². The molecule has 1 amide bonds.